The summed E-state index contributed by atoms with van der Waals surface area (Å²) in [6, 6.07) is 13.2. The highest BCUT2D eigenvalue weighted by Crippen LogP contribution is 2.38. The number of alkyl carbamates (subject to hydrolysis) is 1. The monoisotopic (exact) mass is 549 g/mol. The van der Waals surface area contributed by atoms with E-state index in [0.29, 0.717) is 16.2 Å². The fourth-order valence-electron chi connectivity index (χ4n) is 3.76. The van der Waals surface area contributed by atoms with E-state index in [9.17, 15) is 22.7 Å². The van der Waals surface area contributed by atoms with Crippen molar-refractivity contribution in [2.24, 2.45) is 5.41 Å². The summed E-state index contributed by atoms with van der Waals surface area (Å²) in [6.45, 7) is 5.67. The van der Waals surface area contributed by atoms with Crippen LogP contribution in [0.1, 0.15) is 32.4 Å². The van der Waals surface area contributed by atoms with Crippen molar-refractivity contribution in [1.29, 1.82) is 0 Å². The minimum atomic E-state index is -4.18. The Hall–Kier alpha value is -2.86. The third kappa shape index (κ3) is 6.72. The van der Waals surface area contributed by atoms with E-state index in [1.807, 2.05) is 20.8 Å². The molecule has 1 heterocycles. The second-order valence-corrected chi connectivity index (χ2v) is 12.4. The van der Waals surface area contributed by atoms with Gasteiger partial charge < -0.3 is 15.2 Å². The van der Waals surface area contributed by atoms with Gasteiger partial charge in [0.2, 0.25) is 0 Å². The van der Waals surface area contributed by atoms with Crippen LogP contribution in [0.25, 0.3) is 11.3 Å². The van der Waals surface area contributed by atoms with Crippen LogP contribution in [0.2, 0.25) is 0 Å². The van der Waals surface area contributed by atoms with Gasteiger partial charge in [-0.25, -0.2) is 21.6 Å². The molecule has 3 N–H and O–H groups in total. The number of aromatic nitrogens is 1. The van der Waals surface area contributed by atoms with Crippen LogP contribution in [0.15, 0.2) is 70.6 Å². The number of amides is 1. The van der Waals surface area contributed by atoms with Crippen molar-refractivity contribution in [3.05, 3.63) is 72.2 Å². The number of ether oxygens (including phenoxy) is 1. The zero-order chi connectivity index (χ0) is 27.4. The highest BCUT2D eigenvalue weighted by atomic mass is 32.2. The van der Waals surface area contributed by atoms with Crippen LogP contribution < -0.4 is 10.6 Å². The molecule has 200 valence electrons. The lowest BCUT2D eigenvalue weighted by Gasteiger charge is -2.30. The van der Waals surface area contributed by atoms with Crippen LogP contribution in [0, 0.1) is 11.2 Å². The molecule has 2 unspecified atom stereocenters. The Labute approximate surface area is 221 Å². The quantitative estimate of drug-likeness (QED) is 0.264. The number of aliphatic hydroxyl groups is 1. The summed E-state index contributed by atoms with van der Waals surface area (Å²) < 4.78 is 48.5. The molecule has 3 aromatic rings. The molecule has 11 heteroatoms. The Morgan fingerprint density at radius 3 is 2.49 bits per heavy atom. The van der Waals surface area contributed by atoms with Crippen LogP contribution in [0.4, 0.5) is 9.18 Å². The first-order valence-electron chi connectivity index (χ1n) is 11.5. The Kier molecular flexibility index (Phi) is 9.06. The maximum absolute atomic E-state index is 14.9. The Balaban J connectivity index is 2.17. The highest BCUT2D eigenvalue weighted by molar-refractivity contribution is 7.99. The van der Waals surface area contributed by atoms with E-state index in [2.05, 4.69) is 10.6 Å². The molecule has 0 spiro atoms. The van der Waals surface area contributed by atoms with Crippen molar-refractivity contribution in [1.82, 2.24) is 14.6 Å². The molecule has 1 amide bonds. The van der Waals surface area contributed by atoms with Gasteiger partial charge in [0.1, 0.15) is 12.0 Å². The van der Waals surface area contributed by atoms with Gasteiger partial charge in [-0.3, -0.25) is 5.32 Å². The fraction of sp³-hybridized carbons (Fsp3) is 0.346. The lowest BCUT2D eigenvalue weighted by Crippen LogP contribution is -2.36. The van der Waals surface area contributed by atoms with Gasteiger partial charge in [-0.05, 0) is 54.4 Å². The smallest absolute Gasteiger partial charge is 0.407 e. The predicted molar refractivity (Wildman–Crippen MR) is 142 cm³/mol. The average molecular weight is 550 g/mol. The minimum Gasteiger partial charge on any atom is -0.453 e. The van der Waals surface area contributed by atoms with E-state index >= 15 is 0 Å². The minimum absolute atomic E-state index is 0.00409. The van der Waals surface area contributed by atoms with Crippen LogP contribution in [-0.2, 0) is 14.8 Å². The van der Waals surface area contributed by atoms with Crippen molar-refractivity contribution in [2.45, 2.75) is 42.8 Å². The molecule has 2 aromatic carbocycles. The summed E-state index contributed by atoms with van der Waals surface area (Å²) in [4.78, 5) is 12.8. The number of nitrogens with one attached hydrogen (secondary N) is 2. The SMILES string of the molecule is CNC(O)CSc1cccc(S(=O)(=O)n2cc(C(NC(=O)OC)C(C)(C)C)cc2-c2ccccc2F)c1. The summed E-state index contributed by atoms with van der Waals surface area (Å²) in [5.41, 5.74) is 0.173. The van der Waals surface area contributed by atoms with E-state index in [-0.39, 0.29) is 16.2 Å². The number of methoxy groups -OCH3 is 1. The summed E-state index contributed by atoms with van der Waals surface area (Å²) >= 11 is 1.30. The zero-order valence-electron chi connectivity index (χ0n) is 21.4. The molecule has 0 saturated carbocycles. The molecule has 0 radical (unpaired) electrons. The molecule has 8 nitrogen and oxygen atoms in total. The van der Waals surface area contributed by atoms with Gasteiger partial charge in [0.25, 0.3) is 10.0 Å². The van der Waals surface area contributed by atoms with E-state index in [0.717, 1.165) is 3.97 Å². The molecule has 0 aliphatic heterocycles. The number of aliphatic hydroxyl groups excluding tert-OH is 1. The maximum Gasteiger partial charge on any atom is 0.407 e. The van der Waals surface area contributed by atoms with Crippen molar-refractivity contribution < 1.29 is 27.4 Å². The van der Waals surface area contributed by atoms with Gasteiger partial charge in [0.05, 0.1) is 23.7 Å². The number of carbonyl (C=O) groups excluding carboxylic acids is 1. The molecule has 37 heavy (non-hydrogen) atoms. The number of rotatable bonds is 9. The lowest BCUT2D eigenvalue weighted by molar-refractivity contribution is 0.154. The first-order valence-corrected chi connectivity index (χ1v) is 14.0. The third-order valence-electron chi connectivity index (χ3n) is 5.71. The molecule has 0 aliphatic carbocycles. The third-order valence-corrected chi connectivity index (χ3v) is 8.45. The fourth-order valence-corrected chi connectivity index (χ4v) is 6.16. The van der Waals surface area contributed by atoms with E-state index in [1.165, 1.54) is 55.4 Å². The standard InChI is InChI=1S/C26H32FN3O5S2/c1-26(2,3)24(29-25(32)35-5)17-13-22(20-11-6-7-12-21(20)27)30(15-17)37(33,34)19-10-8-9-18(14-19)36-16-23(31)28-4/h6-15,23-24,28,31H,16H2,1-5H3,(H,29,32). The Morgan fingerprint density at radius 2 is 1.86 bits per heavy atom. The maximum atomic E-state index is 14.9. The lowest BCUT2D eigenvalue weighted by atomic mass is 9.83. The van der Waals surface area contributed by atoms with Crippen LogP contribution in [0.3, 0.4) is 0 Å². The van der Waals surface area contributed by atoms with Gasteiger partial charge in [-0.2, -0.15) is 0 Å². The van der Waals surface area contributed by atoms with Gasteiger partial charge >= 0.3 is 6.09 Å². The molecule has 0 bridgehead atoms. The second-order valence-electron chi connectivity index (χ2n) is 9.46. The predicted octanol–water partition coefficient (Wildman–Crippen LogP) is 4.60. The van der Waals surface area contributed by atoms with E-state index < -0.39 is 39.6 Å². The van der Waals surface area contributed by atoms with Crippen LogP contribution >= 0.6 is 11.8 Å². The number of nitrogens with zero attached hydrogens (tertiary/aromatic N) is 1. The molecule has 3 rings (SSSR count). The molecule has 2 atom stereocenters. The van der Waals surface area contributed by atoms with E-state index in [4.69, 9.17) is 4.74 Å². The summed E-state index contributed by atoms with van der Waals surface area (Å²) in [5, 5.41) is 15.3. The van der Waals surface area contributed by atoms with E-state index in [1.54, 1.807) is 31.3 Å². The number of hydrogen-bond acceptors (Lipinski definition) is 7. The largest absolute Gasteiger partial charge is 0.453 e. The van der Waals surface area contributed by atoms with Crippen LogP contribution in [0.5, 0.6) is 0 Å². The Bertz CT molecular complexity index is 1350. The first-order chi connectivity index (χ1) is 17.4. The first kappa shape index (κ1) is 28.7. The summed E-state index contributed by atoms with van der Waals surface area (Å²) in [5.74, 6) is -0.261. The van der Waals surface area contributed by atoms with Crippen molar-refractivity contribution in [3.8, 4) is 11.3 Å². The van der Waals surface area contributed by atoms with Crippen molar-refractivity contribution >= 4 is 27.9 Å². The Morgan fingerprint density at radius 1 is 1.16 bits per heavy atom. The van der Waals surface area contributed by atoms with Crippen molar-refractivity contribution in [3.63, 3.8) is 0 Å². The van der Waals surface area contributed by atoms with Crippen molar-refractivity contribution in [2.75, 3.05) is 19.9 Å². The average Bonchev–Trinajstić information content (AvgIpc) is 3.30. The topological polar surface area (TPSA) is 110 Å². The summed E-state index contributed by atoms with van der Waals surface area (Å²) in [6.07, 6.45) is -0.00824. The molecular weight excluding hydrogens is 517 g/mol. The van der Waals surface area contributed by atoms with Gasteiger partial charge in [-0.1, -0.05) is 39.0 Å². The zero-order valence-corrected chi connectivity index (χ0v) is 23.0. The number of carbonyl (C=O) groups is 1. The molecule has 1 aromatic heterocycles. The van der Waals surface area contributed by atoms with Gasteiger partial charge in [-0.15, -0.1) is 11.8 Å². The number of thioether (sulfide) groups is 1. The number of benzene rings is 2. The van der Waals surface area contributed by atoms with Gasteiger partial charge in [0, 0.05) is 22.4 Å². The molecular formula is C26H32FN3O5S2. The number of hydrogen-bond donors (Lipinski definition) is 3. The molecule has 0 saturated heterocycles. The molecule has 0 aliphatic rings. The highest BCUT2D eigenvalue weighted by Gasteiger charge is 2.32. The molecule has 0 fully saturated rings. The summed E-state index contributed by atoms with van der Waals surface area (Å²) in [7, 11) is -1.31. The van der Waals surface area contributed by atoms with Gasteiger partial charge in [0.15, 0.2) is 0 Å². The number of halogens is 1. The second kappa shape index (κ2) is 11.7. The normalized spacial score (nSPS) is 13.7. The van der Waals surface area contributed by atoms with Crippen LogP contribution in [-0.4, -0.2) is 49.7 Å².